The molecule has 0 aromatic rings. The molecular weight excluding hydrogens is 424 g/mol. The van der Waals surface area contributed by atoms with Crippen molar-refractivity contribution in [2.45, 2.75) is 83.1 Å². The number of nitrogens with zero attached hydrogens (tertiary/aromatic N) is 1. The summed E-state index contributed by atoms with van der Waals surface area (Å²) in [6.45, 7) is 5.14. The summed E-state index contributed by atoms with van der Waals surface area (Å²) in [6.07, 6.45) is -0.833. The van der Waals surface area contributed by atoms with E-state index in [-0.39, 0.29) is 25.3 Å². The first-order valence-electron chi connectivity index (χ1n) is 10.6. The molecule has 1 rings (SSSR count). The van der Waals surface area contributed by atoms with Crippen LogP contribution < -0.4 is 16.4 Å². The number of hydrogen-bond acceptors (Lipinski definition) is 7. The third-order valence-electron chi connectivity index (χ3n) is 5.24. The molecule has 1 aliphatic heterocycles. The van der Waals surface area contributed by atoms with Crippen molar-refractivity contribution in [1.82, 2.24) is 15.5 Å². The normalized spacial score (nSPS) is 19.7. The van der Waals surface area contributed by atoms with Gasteiger partial charge in [-0.05, 0) is 38.5 Å². The van der Waals surface area contributed by atoms with Crippen LogP contribution in [-0.4, -0.2) is 86.7 Å². The van der Waals surface area contributed by atoms with Crippen LogP contribution in [0.25, 0.3) is 0 Å². The molecule has 3 amide bonds. The van der Waals surface area contributed by atoms with E-state index in [1.54, 1.807) is 0 Å². The number of amides is 3. The summed E-state index contributed by atoms with van der Waals surface area (Å²) >= 11 is 0. The van der Waals surface area contributed by atoms with Gasteiger partial charge < -0.3 is 36.6 Å². The van der Waals surface area contributed by atoms with Crippen LogP contribution >= 0.6 is 0 Å². The Bertz CT molecular complexity index is 712. The molecule has 1 aliphatic rings. The molecule has 0 spiro atoms. The Kier molecular flexibility index (Phi) is 10.5. The van der Waals surface area contributed by atoms with Gasteiger partial charge in [-0.2, -0.15) is 0 Å². The van der Waals surface area contributed by atoms with E-state index in [1.165, 1.54) is 11.8 Å². The second-order valence-electron chi connectivity index (χ2n) is 8.48. The van der Waals surface area contributed by atoms with Gasteiger partial charge in [0, 0.05) is 13.0 Å². The third-order valence-corrected chi connectivity index (χ3v) is 5.24. The maximum Gasteiger partial charge on any atom is 0.326 e. The Labute approximate surface area is 186 Å². The highest BCUT2D eigenvalue weighted by Gasteiger charge is 2.39. The van der Waals surface area contributed by atoms with Crippen molar-refractivity contribution >= 4 is 29.7 Å². The first kappa shape index (κ1) is 27.3. The molecule has 0 bridgehead atoms. The van der Waals surface area contributed by atoms with Crippen molar-refractivity contribution < 1.29 is 39.3 Å². The van der Waals surface area contributed by atoms with Gasteiger partial charge in [-0.15, -0.1) is 0 Å². The Morgan fingerprint density at radius 3 is 2.19 bits per heavy atom. The highest BCUT2D eigenvalue weighted by molar-refractivity contribution is 5.94. The smallest absolute Gasteiger partial charge is 0.326 e. The number of aliphatic hydroxyl groups is 1. The lowest BCUT2D eigenvalue weighted by Crippen LogP contribution is -2.58. The van der Waals surface area contributed by atoms with Gasteiger partial charge in [0.25, 0.3) is 0 Å². The van der Waals surface area contributed by atoms with Crippen LogP contribution in [0.5, 0.6) is 0 Å². The van der Waals surface area contributed by atoms with E-state index in [0.29, 0.717) is 12.8 Å². The minimum absolute atomic E-state index is 0.0199. The van der Waals surface area contributed by atoms with Crippen molar-refractivity contribution in [2.24, 2.45) is 11.7 Å². The molecule has 12 nitrogen and oxygen atoms in total. The SMILES string of the molecule is CC(C)CC(NC(=O)C1CCCN1C(=O)C(CCC(=O)O)NC(=O)C(N)C(C)O)C(=O)O. The first-order chi connectivity index (χ1) is 14.8. The average Bonchev–Trinajstić information content (AvgIpc) is 3.18. The fourth-order valence-electron chi connectivity index (χ4n) is 3.48. The molecule has 182 valence electrons. The molecular formula is C20H34N4O8. The molecule has 0 radical (unpaired) electrons. The molecule has 0 aromatic heterocycles. The summed E-state index contributed by atoms with van der Waals surface area (Å²) in [5.41, 5.74) is 5.59. The van der Waals surface area contributed by atoms with Crippen LogP contribution in [-0.2, 0) is 24.0 Å². The Morgan fingerprint density at radius 1 is 1.06 bits per heavy atom. The van der Waals surface area contributed by atoms with Crippen LogP contribution in [0.2, 0.25) is 0 Å². The lowest BCUT2D eigenvalue weighted by Gasteiger charge is -2.30. The Hall–Kier alpha value is -2.73. The molecule has 1 fully saturated rings. The number of carboxylic acid groups (broad SMARTS) is 2. The van der Waals surface area contributed by atoms with Crippen molar-refractivity contribution in [3.8, 4) is 0 Å². The van der Waals surface area contributed by atoms with E-state index >= 15 is 0 Å². The Balaban J connectivity index is 2.98. The quantitative estimate of drug-likeness (QED) is 0.204. The number of carbonyl (C=O) groups is 5. The molecule has 32 heavy (non-hydrogen) atoms. The fraction of sp³-hybridized carbons (Fsp3) is 0.750. The van der Waals surface area contributed by atoms with Crippen molar-refractivity contribution in [1.29, 1.82) is 0 Å². The summed E-state index contributed by atoms with van der Waals surface area (Å²) < 4.78 is 0. The van der Waals surface area contributed by atoms with Gasteiger partial charge in [0.15, 0.2) is 0 Å². The van der Waals surface area contributed by atoms with E-state index < -0.39 is 66.4 Å². The summed E-state index contributed by atoms with van der Waals surface area (Å²) in [5, 5.41) is 32.7. The van der Waals surface area contributed by atoms with E-state index in [9.17, 15) is 34.2 Å². The zero-order chi connectivity index (χ0) is 24.6. The number of aliphatic carboxylic acids is 2. The molecule has 0 aromatic carbocycles. The summed E-state index contributed by atoms with van der Waals surface area (Å²) in [7, 11) is 0. The minimum atomic E-state index is -1.32. The predicted molar refractivity (Wildman–Crippen MR) is 112 cm³/mol. The van der Waals surface area contributed by atoms with Crippen molar-refractivity contribution in [2.75, 3.05) is 6.54 Å². The van der Waals surface area contributed by atoms with Gasteiger partial charge in [-0.25, -0.2) is 4.79 Å². The van der Waals surface area contributed by atoms with Gasteiger partial charge in [-0.1, -0.05) is 13.8 Å². The van der Waals surface area contributed by atoms with Crippen LogP contribution in [0, 0.1) is 5.92 Å². The zero-order valence-electron chi connectivity index (χ0n) is 18.6. The maximum atomic E-state index is 13.1. The lowest BCUT2D eigenvalue weighted by molar-refractivity contribution is -0.145. The highest BCUT2D eigenvalue weighted by atomic mass is 16.4. The van der Waals surface area contributed by atoms with Crippen molar-refractivity contribution in [3.63, 3.8) is 0 Å². The van der Waals surface area contributed by atoms with Gasteiger partial charge in [0.05, 0.1) is 6.10 Å². The standard InChI is InChI=1S/C20H34N4O8/c1-10(2)9-13(20(31)32)23-17(28)14-5-4-8-24(14)19(30)12(6-7-15(26)27)22-18(29)16(21)11(3)25/h10-14,16,25H,4-9,21H2,1-3H3,(H,22,29)(H,23,28)(H,26,27)(H,31,32). The van der Waals surface area contributed by atoms with Crippen LogP contribution in [0.4, 0.5) is 0 Å². The van der Waals surface area contributed by atoms with Crippen LogP contribution in [0.15, 0.2) is 0 Å². The third kappa shape index (κ3) is 8.08. The van der Waals surface area contributed by atoms with E-state index in [2.05, 4.69) is 10.6 Å². The molecule has 5 atom stereocenters. The second-order valence-corrected chi connectivity index (χ2v) is 8.48. The zero-order valence-corrected chi connectivity index (χ0v) is 18.6. The van der Waals surface area contributed by atoms with E-state index in [4.69, 9.17) is 10.8 Å². The van der Waals surface area contributed by atoms with Crippen LogP contribution in [0.1, 0.15) is 52.9 Å². The number of nitrogens with two attached hydrogens (primary N) is 1. The van der Waals surface area contributed by atoms with Gasteiger partial charge in [0.1, 0.15) is 24.2 Å². The fourth-order valence-corrected chi connectivity index (χ4v) is 3.48. The number of likely N-dealkylation sites (tertiary alicyclic amines) is 1. The Morgan fingerprint density at radius 2 is 1.69 bits per heavy atom. The number of hydrogen-bond donors (Lipinski definition) is 6. The van der Waals surface area contributed by atoms with Crippen molar-refractivity contribution in [3.05, 3.63) is 0 Å². The van der Waals surface area contributed by atoms with E-state index in [1.807, 2.05) is 13.8 Å². The number of carbonyl (C=O) groups excluding carboxylic acids is 3. The van der Waals surface area contributed by atoms with Crippen LogP contribution in [0.3, 0.4) is 0 Å². The highest BCUT2D eigenvalue weighted by Crippen LogP contribution is 2.20. The number of nitrogens with one attached hydrogen (secondary N) is 2. The van der Waals surface area contributed by atoms with E-state index in [0.717, 1.165) is 0 Å². The molecule has 5 unspecified atom stereocenters. The molecule has 7 N–H and O–H groups in total. The monoisotopic (exact) mass is 458 g/mol. The van der Waals surface area contributed by atoms with Gasteiger partial charge in [-0.3, -0.25) is 19.2 Å². The minimum Gasteiger partial charge on any atom is -0.481 e. The maximum absolute atomic E-state index is 13.1. The number of aliphatic hydroxyl groups excluding tert-OH is 1. The van der Waals surface area contributed by atoms with Gasteiger partial charge >= 0.3 is 11.9 Å². The largest absolute Gasteiger partial charge is 0.481 e. The second kappa shape index (κ2) is 12.3. The summed E-state index contributed by atoms with van der Waals surface area (Å²) in [4.78, 5) is 61.8. The molecule has 12 heteroatoms. The lowest BCUT2D eigenvalue weighted by atomic mass is 10.0. The molecule has 1 heterocycles. The summed E-state index contributed by atoms with van der Waals surface area (Å²) in [5.74, 6) is -4.44. The van der Waals surface area contributed by atoms with Gasteiger partial charge in [0.2, 0.25) is 17.7 Å². The number of rotatable bonds is 12. The molecule has 0 saturated carbocycles. The topological polar surface area (TPSA) is 199 Å². The predicted octanol–water partition coefficient (Wildman–Crippen LogP) is -1.35. The number of carboxylic acids is 2. The average molecular weight is 459 g/mol. The first-order valence-corrected chi connectivity index (χ1v) is 10.6. The molecule has 0 aliphatic carbocycles. The molecule has 1 saturated heterocycles. The summed E-state index contributed by atoms with van der Waals surface area (Å²) in [6, 6.07) is -4.62.